The van der Waals surface area contributed by atoms with Crippen LogP contribution in [0.3, 0.4) is 0 Å². The van der Waals surface area contributed by atoms with E-state index in [1.54, 1.807) is 19.1 Å². The first-order valence-corrected chi connectivity index (χ1v) is 10.7. The lowest BCUT2D eigenvalue weighted by Gasteiger charge is -2.44. The monoisotopic (exact) mass is 425 g/mol. The molecule has 0 aromatic heterocycles. The molecular weight excluding hydrogens is 402 g/mol. The number of methoxy groups -OCH3 is 1. The maximum absolute atomic E-state index is 13.8. The highest BCUT2D eigenvalue weighted by atomic mass is 16.5. The summed E-state index contributed by atoms with van der Waals surface area (Å²) in [5.74, 6) is 1.40. The first-order valence-electron chi connectivity index (χ1n) is 10.7. The van der Waals surface area contributed by atoms with Crippen LogP contribution < -0.4 is 14.4 Å². The molecule has 0 saturated heterocycles. The normalized spacial score (nSPS) is 22.9. The molecule has 1 amide bonds. The molecule has 32 heavy (non-hydrogen) atoms. The summed E-state index contributed by atoms with van der Waals surface area (Å²) < 4.78 is 11.9. The van der Waals surface area contributed by atoms with Crippen molar-refractivity contribution in [2.24, 2.45) is 5.10 Å². The first-order chi connectivity index (χ1) is 15.5. The van der Waals surface area contributed by atoms with E-state index in [-0.39, 0.29) is 11.9 Å². The number of carbonyl (C=O) groups is 1. The highest BCUT2D eigenvalue weighted by molar-refractivity contribution is 6.08. The largest absolute Gasteiger partial charge is 0.497 e. The Morgan fingerprint density at radius 1 is 1.09 bits per heavy atom. The summed E-state index contributed by atoms with van der Waals surface area (Å²) in [4.78, 5) is 15.5. The molecule has 0 bridgehead atoms. The molecule has 6 rings (SSSR count). The molecule has 3 aromatic rings. The fourth-order valence-corrected chi connectivity index (χ4v) is 5.04. The third-order valence-corrected chi connectivity index (χ3v) is 6.66. The maximum Gasteiger partial charge on any atom is 0.306 e. The molecule has 3 heterocycles. The fourth-order valence-electron chi connectivity index (χ4n) is 5.04. The van der Waals surface area contributed by atoms with Gasteiger partial charge >= 0.3 is 5.72 Å². The van der Waals surface area contributed by atoms with Gasteiger partial charge in [-0.2, -0.15) is 5.10 Å². The van der Waals surface area contributed by atoms with Crippen molar-refractivity contribution >= 4 is 17.3 Å². The number of para-hydroxylation sites is 1. The van der Waals surface area contributed by atoms with Crippen molar-refractivity contribution in [1.29, 1.82) is 0 Å². The van der Waals surface area contributed by atoms with E-state index in [9.17, 15) is 4.79 Å². The van der Waals surface area contributed by atoms with E-state index >= 15 is 0 Å². The lowest BCUT2D eigenvalue weighted by atomic mass is 9.92. The summed E-state index contributed by atoms with van der Waals surface area (Å²) >= 11 is 0. The Kier molecular flexibility index (Phi) is 3.90. The van der Waals surface area contributed by atoms with Gasteiger partial charge in [0.05, 0.1) is 30.1 Å². The van der Waals surface area contributed by atoms with Crippen molar-refractivity contribution in [3.05, 3.63) is 89.0 Å². The molecule has 0 aliphatic carbocycles. The Labute approximate surface area is 186 Å². The lowest BCUT2D eigenvalue weighted by molar-refractivity contribution is -0.163. The van der Waals surface area contributed by atoms with Gasteiger partial charge in [0.1, 0.15) is 11.5 Å². The van der Waals surface area contributed by atoms with Crippen LogP contribution in [0.5, 0.6) is 11.5 Å². The topological polar surface area (TPSA) is 54.4 Å². The Balaban J connectivity index is 1.56. The number of carbonyl (C=O) groups excluding carboxylic acids is 1. The summed E-state index contributed by atoms with van der Waals surface area (Å²) in [7, 11) is 3.45. The molecular formula is C26H23N3O3. The van der Waals surface area contributed by atoms with Crippen LogP contribution in [0.25, 0.3) is 0 Å². The molecule has 1 spiro atoms. The molecule has 0 radical (unpaired) electrons. The van der Waals surface area contributed by atoms with E-state index in [2.05, 4.69) is 6.07 Å². The Morgan fingerprint density at radius 3 is 2.66 bits per heavy atom. The quantitative estimate of drug-likeness (QED) is 0.612. The van der Waals surface area contributed by atoms with E-state index in [4.69, 9.17) is 14.6 Å². The van der Waals surface area contributed by atoms with Crippen LogP contribution in [0.2, 0.25) is 0 Å². The predicted molar refractivity (Wildman–Crippen MR) is 122 cm³/mol. The second-order valence-electron chi connectivity index (χ2n) is 8.51. The molecule has 0 N–H and O–H groups in total. The summed E-state index contributed by atoms with van der Waals surface area (Å²) in [6.07, 6.45) is 0.687. The van der Waals surface area contributed by atoms with Gasteiger partial charge in [0, 0.05) is 19.0 Å². The van der Waals surface area contributed by atoms with Gasteiger partial charge in [-0.3, -0.25) is 4.79 Å². The molecule has 0 fully saturated rings. The van der Waals surface area contributed by atoms with Gasteiger partial charge in [0.15, 0.2) is 0 Å². The van der Waals surface area contributed by atoms with Gasteiger partial charge in [-0.15, -0.1) is 0 Å². The fraction of sp³-hybridized carbons (Fsp3) is 0.231. The zero-order valence-corrected chi connectivity index (χ0v) is 18.2. The number of hydrogen-bond donors (Lipinski definition) is 0. The number of amides is 1. The number of rotatable bonds is 2. The Morgan fingerprint density at radius 2 is 1.88 bits per heavy atom. The third kappa shape index (κ3) is 2.40. The van der Waals surface area contributed by atoms with E-state index in [0.29, 0.717) is 6.42 Å². The van der Waals surface area contributed by atoms with Gasteiger partial charge in [-0.05, 0) is 55.0 Å². The molecule has 3 aliphatic heterocycles. The van der Waals surface area contributed by atoms with Gasteiger partial charge in [0.2, 0.25) is 0 Å². The number of fused-ring (bicyclic) bond motifs is 6. The minimum atomic E-state index is -1.32. The molecule has 3 aromatic carbocycles. The van der Waals surface area contributed by atoms with E-state index in [1.165, 1.54) is 0 Å². The zero-order valence-electron chi connectivity index (χ0n) is 18.2. The van der Waals surface area contributed by atoms with E-state index in [1.807, 2.05) is 72.6 Å². The number of hydrazone groups is 1. The minimum Gasteiger partial charge on any atom is -0.497 e. The van der Waals surface area contributed by atoms with Crippen molar-refractivity contribution in [3.8, 4) is 11.5 Å². The highest BCUT2D eigenvalue weighted by Crippen LogP contribution is 2.55. The van der Waals surface area contributed by atoms with Crippen molar-refractivity contribution in [3.63, 3.8) is 0 Å². The molecule has 0 unspecified atom stereocenters. The molecule has 6 nitrogen and oxygen atoms in total. The van der Waals surface area contributed by atoms with Crippen LogP contribution in [0.1, 0.15) is 34.7 Å². The third-order valence-electron chi connectivity index (χ3n) is 6.66. The van der Waals surface area contributed by atoms with Crippen molar-refractivity contribution in [2.45, 2.75) is 25.1 Å². The number of hydrogen-bond acceptors (Lipinski definition) is 5. The van der Waals surface area contributed by atoms with Crippen LogP contribution in [0.15, 0.2) is 71.8 Å². The zero-order chi connectivity index (χ0) is 22.0. The van der Waals surface area contributed by atoms with E-state index < -0.39 is 5.72 Å². The number of likely N-dealkylation sites (N-methyl/N-ethyl adjacent to an activating group) is 1. The Hall–Kier alpha value is -3.80. The van der Waals surface area contributed by atoms with Crippen LogP contribution in [0.4, 0.5) is 5.69 Å². The maximum atomic E-state index is 13.8. The van der Waals surface area contributed by atoms with Gasteiger partial charge in [-0.1, -0.05) is 29.8 Å². The van der Waals surface area contributed by atoms with Crippen molar-refractivity contribution in [2.75, 3.05) is 19.1 Å². The number of nitrogens with zero attached hydrogens (tertiary/aromatic N) is 3. The Bertz CT molecular complexity index is 1280. The lowest BCUT2D eigenvalue weighted by Crippen LogP contribution is -2.56. The molecule has 160 valence electrons. The molecule has 0 saturated carbocycles. The molecule has 2 atom stereocenters. The summed E-state index contributed by atoms with van der Waals surface area (Å²) in [5.41, 5.74) is 4.43. The first kappa shape index (κ1) is 18.9. The van der Waals surface area contributed by atoms with Gasteiger partial charge in [-0.25, -0.2) is 5.01 Å². The van der Waals surface area contributed by atoms with Crippen LogP contribution >= 0.6 is 0 Å². The van der Waals surface area contributed by atoms with Crippen LogP contribution in [-0.4, -0.2) is 30.8 Å². The number of aryl methyl sites for hydroxylation is 1. The summed E-state index contributed by atoms with van der Waals surface area (Å²) in [5, 5.41) is 6.91. The minimum absolute atomic E-state index is 0.0964. The van der Waals surface area contributed by atoms with Crippen LogP contribution in [-0.2, 0) is 10.5 Å². The van der Waals surface area contributed by atoms with Crippen molar-refractivity contribution in [1.82, 2.24) is 5.01 Å². The van der Waals surface area contributed by atoms with Gasteiger partial charge < -0.3 is 14.4 Å². The average Bonchev–Trinajstić information content (AvgIpc) is 3.35. The van der Waals surface area contributed by atoms with Gasteiger partial charge in [0.25, 0.3) is 5.91 Å². The standard InChI is InChI=1S/C26H23N3O3/c1-16-8-13-22-20(14-16)26(25(30)28(22)2)29-23(19-6-4-5-7-24(19)32-26)15-21(27-29)17-9-11-18(31-3)12-10-17/h4-14,23H,15H2,1-3H3/t23-,26-/m1/s1. The number of benzene rings is 3. The predicted octanol–water partition coefficient (Wildman–Crippen LogP) is 4.38. The summed E-state index contributed by atoms with van der Waals surface area (Å²) in [6, 6.07) is 21.8. The number of anilines is 1. The second-order valence-corrected chi connectivity index (χ2v) is 8.51. The summed E-state index contributed by atoms with van der Waals surface area (Å²) in [6.45, 7) is 2.03. The average molecular weight is 425 g/mol. The molecule has 6 heteroatoms. The smallest absolute Gasteiger partial charge is 0.306 e. The molecule has 3 aliphatic rings. The second kappa shape index (κ2) is 6.60. The van der Waals surface area contributed by atoms with Crippen LogP contribution in [0, 0.1) is 6.92 Å². The van der Waals surface area contributed by atoms with Crippen molar-refractivity contribution < 1.29 is 14.3 Å². The number of ether oxygens (including phenoxy) is 2. The highest BCUT2D eigenvalue weighted by Gasteiger charge is 2.62. The SMILES string of the molecule is COc1ccc(C2=NN3[C@H](C2)c2ccccc2O[C@]32C(=O)N(C)c3ccc(C)cc32)cc1. The van der Waals surface area contributed by atoms with E-state index in [0.717, 1.165) is 45.2 Å².